The Morgan fingerprint density at radius 3 is 2.50 bits per heavy atom. The Kier molecular flexibility index (Phi) is 5.59. The van der Waals surface area contributed by atoms with Crippen molar-refractivity contribution in [2.45, 2.75) is 39.7 Å². The van der Waals surface area contributed by atoms with Gasteiger partial charge >= 0.3 is 5.97 Å². The van der Waals surface area contributed by atoms with Crippen LogP contribution in [0.5, 0.6) is 0 Å². The highest BCUT2D eigenvalue weighted by atomic mass is 16.4. The number of carbonyl (C=O) groups is 3. The second-order valence-corrected chi connectivity index (χ2v) is 6.88. The molecule has 0 aromatic heterocycles. The zero-order chi connectivity index (χ0) is 17.9. The molecule has 0 spiro atoms. The van der Waals surface area contributed by atoms with Gasteiger partial charge in [-0.1, -0.05) is 26.8 Å². The largest absolute Gasteiger partial charge is 0.480 e. The highest BCUT2D eigenvalue weighted by molar-refractivity contribution is 5.99. The molecule has 1 aromatic carbocycles. The Bertz CT molecular complexity index is 642. The molecular formula is C18H24N2O4. The number of rotatable bonds is 7. The van der Waals surface area contributed by atoms with Crippen LogP contribution in [0.3, 0.4) is 0 Å². The van der Waals surface area contributed by atoms with Crippen molar-refractivity contribution in [3.63, 3.8) is 0 Å². The zero-order valence-corrected chi connectivity index (χ0v) is 14.2. The molecule has 0 aliphatic heterocycles. The molecule has 3 N–H and O–H groups in total. The summed E-state index contributed by atoms with van der Waals surface area (Å²) in [7, 11) is 0. The fourth-order valence-corrected chi connectivity index (χ4v) is 2.60. The van der Waals surface area contributed by atoms with E-state index in [0.29, 0.717) is 23.6 Å². The van der Waals surface area contributed by atoms with Crippen molar-refractivity contribution in [2.24, 2.45) is 17.8 Å². The van der Waals surface area contributed by atoms with Gasteiger partial charge in [0.05, 0.1) is 0 Å². The smallest absolute Gasteiger partial charge is 0.326 e. The number of amides is 2. The van der Waals surface area contributed by atoms with Crippen LogP contribution in [-0.4, -0.2) is 28.9 Å². The average Bonchev–Trinajstić information content (AvgIpc) is 3.23. The standard InChI is InChI=1S/C18H24N2O4/c1-10(2)7-15(18(23)24)20-16(21)12-5-4-6-13(9-12)19-17(22)14-8-11(14)3/h4-6,9-11,14-15H,7-8H2,1-3H3,(H,19,22)(H,20,21)(H,23,24). The average molecular weight is 332 g/mol. The van der Waals surface area contributed by atoms with Gasteiger partial charge in [-0.2, -0.15) is 0 Å². The van der Waals surface area contributed by atoms with Crippen LogP contribution in [0.15, 0.2) is 24.3 Å². The molecule has 1 aliphatic carbocycles. The van der Waals surface area contributed by atoms with Crippen molar-refractivity contribution in [2.75, 3.05) is 5.32 Å². The SMILES string of the molecule is CC(C)CC(NC(=O)c1cccc(NC(=O)C2CC2C)c1)C(=O)O. The molecule has 1 saturated carbocycles. The first-order chi connectivity index (χ1) is 11.3. The third-order valence-corrected chi connectivity index (χ3v) is 4.15. The molecule has 0 heterocycles. The van der Waals surface area contributed by atoms with Gasteiger partial charge in [-0.25, -0.2) is 4.79 Å². The molecule has 3 unspecified atom stereocenters. The van der Waals surface area contributed by atoms with Gasteiger partial charge in [0.1, 0.15) is 6.04 Å². The van der Waals surface area contributed by atoms with Crippen LogP contribution >= 0.6 is 0 Å². The third kappa shape index (κ3) is 4.81. The number of aliphatic carboxylic acids is 1. The van der Waals surface area contributed by atoms with E-state index in [2.05, 4.69) is 10.6 Å². The summed E-state index contributed by atoms with van der Waals surface area (Å²) in [6.45, 7) is 5.82. The fraction of sp³-hybridized carbons (Fsp3) is 0.500. The molecule has 1 aromatic rings. The second-order valence-electron chi connectivity index (χ2n) is 6.88. The molecule has 6 heteroatoms. The molecule has 1 aliphatic rings. The Morgan fingerprint density at radius 2 is 1.96 bits per heavy atom. The van der Waals surface area contributed by atoms with Gasteiger partial charge in [0.2, 0.25) is 5.91 Å². The monoisotopic (exact) mass is 332 g/mol. The van der Waals surface area contributed by atoms with Crippen LogP contribution < -0.4 is 10.6 Å². The van der Waals surface area contributed by atoms with Crippen molar-refractivity contribution < 1.29 is 19.5 Å². The van der Waals surface area contributed by atoms with Crippen LogP contribution in [0.2, 0.25) is 0 Å². The summed E-state index contributed by atoms with van der Waals surface area (Å²) < 4.78 is 0. The van der Waals surface area contributed by atoms with Crippen molar-refractivity contribution in [1.82, 2.24) is 5.32 Å². The van der Waals surface area contributed by atoms with Crippen molar-refractivity contribution in [3.8, 4) is 0 Å². The van der Waals surface area contributed by atoms with Gasteiger partial charge in [-0.3, -0.25) is 9.59 Å². The summed E-state index contributed by atoms with van der Waals surface area (Å²) >= 11 is 0. The number of anilines is 1. The third-order valence-electron chi connectivity index (χ3n) is 4.15. The van der Waals surface area contributed by atoms with E-state index in [4.69, 9.17) is 0 Å². The minimum Gasteiger partial charge on any atom is -0.480 e. The highest BCUT2D eigenvalue weighted by Gasteiger charge is 2.39. The summed E-state index contributed by atoms with van der Waals surface area (Å²) in [6, 6.07) is 5.61. The lowest BCUT2D eigenvalue weighted by atomic mass is 10.0. The van der Waals surface area contributed by atoms with E-state index in [1.807, 2.05) is 20.8 Å². The summed E-state index contributed by atoms with van der Waals surface area (Å²) in [4.78, 5) is 35.5. The number of hydrogen-bond donors (Lipinski definition) is 3. The normalized spacial score (nSPS) is 20.3. The summed E-state index contributed by atoms with van der Waals surface area (Å²) in [6.07, 6.45) is 1.25. The topological polar surface area (TPSA) is 95.5 Å². The van der Waals surface area contributed by atoms with Crippen LogP contribution in [-0.2, 0) is 9.59 Å². The predicted molar refractivity (Wildman–Crippen MR) is 90.7 cm³/mol. The number of carboxylic acid groups (broad SMARTS) is 1. The molecule has 0 bridgehead atoms. The van der Waals surface area contributed by atoms with Gasteiger partial charge < -0.3 is 15.7 Å². The first-order valence-corrected chi connectivity index (χ1v) is 8.22. The van der Waals surface area contributed by atoms with Gasteiger partial charge in [-0.15, -0.1) is 0 Å². The van der Waals surface area contributed by atoms with E-state index in [1.165, 1.54) is 0 Å². The van der Waals surface area contributed by atoms with E-state index in [0.717, 1.165) is 6.42 Å². The maximum absolute atomic E-state index is 12.3. The highest BCUT2D eigenvalue weighted by Crippen LogP contribution is 2.38. The number of benzene rings is 1. The fourth-order valence-electron chi connectivity index (χ4n) is 2.60. The van der Waals surface area contributed by atoms with E-state index < -0.39 is 17.9 Å². The minimum absolute atomic E-state index is 0.0386. The van der Waals surface area contributed by atoms with E-state index >= 15 is 0 Å². The molecule has 3 atom stereocenters. The predicted octanol–water partition coefficient (Wildman–Crippen LogP) is 2.51. The molecule has 24 heavy (non-hydrogen) atoms. The Hall–Kier alpha value is -2.37. The lowest BCUT2D eigenvalue weighted by molar-refractivity contribution is -0.139. The van der Waals surface area contributed by atoms with Gasteiger partial charge in [0, 0.05) is 17.2 Å². The van der Waals surface area contributed by atoms with Gasteiger partial charge in [-0.05, 0) is 42.9 Å². The Labute approximate surface area is 141 Å². The summed E-state index contributed by atoms with van der Waals surface area (Å²) in [5.74, 6) is -0.947. The lowest BCUT2D eigenvalue weighted by Gasteiger charge is -2.16. The molecule has 2 rings (SSSR count). The van der Waals surface area contributed by atoms with Crippen LogP contribution in [0.25, 0.3) is 0 Å². The molecule has 6 nitrogen and oxygen atoms in total. The number of carbonyl (C=O) groups excluding carboxylic acids is 2. The molecule has 0 radical (unpaired) electrons. The summed E-state index contributed by atoms with van der Waals surface area (Å²) in [5.41, 5.74) is 0.870. The van der Waals surface area contributed by atoms with Gasteiger partial charge in [0.25, 0.3) is 5.91 Å². The van der Waals surface area contributed by atoms with Gasteiger partial charge in [0.15, 0.2) is 0 Å². The van der Waals surface area contributed by atoms with E-state index in [1.54, 1.807) is 24.3 Å². The van der Waals surface area contributed by atoms with Crippen LogP contribution in [0.1, 0.15) is 44.0 Å². The maximum atomic E-state index is 12.3. The lowest BCUT2D eigenvalue weighted by Crippen LogP contribution is -2.41. The molecule has 1 fully saturated rings. The maximum Gasteiger partial charge on any atom is 0.326 e. The molecule has 0 saturated heterocycles. The number of hydrogen-bond acceptors (Lipinski definition) is 3. The quantitative estimate of drug-likeness (QED) is 0.715. The Balaban J connectivity index is 2.02. The molecular weight excluding hydrogens is 308 g/mol. The van der Waals surface area contributed by atoms with E-state index in [9.17, 15) is 19.5 Å². The van der Waals surface area contributed by atoms with Crippen molar-refractivity contribution in [3.05, 3.63) is 29.8 Å². The van der Waals surface area contributed by atoms with Crippen LogP contribution in [0.4, 0.5) is 5.69 Å². The van der Waals surface area contributed by atoms with Crippen molar-refractivity contribution >= 4 is 23.5 Å². The first-order valence-electron chi connectivity index (χ1n) is 8.22. The Morgan fingerprint density at radius 1 is 1.29 bits per heavy atom. The minimum atomic E-state index is -1.05. The van der Waals surface area contributed by atoms with Crippen molar-refractivity contribution in [1.29, 1.82) is 0 Å². The molecule has 2 amide bonds. The zero-order valence-electron chi connectivity index (χ0n) is 14.2. The number of nitrogens with one attached hydrogen (secondary N) is 2. The van der Waals surface area contributed by atoms with Crippen LogP contribution in [0, 0.1) is 17.8 Å². The second kappa shape index (κ2) is 7.47. The molecule has 130 valence electrons. The summed E-state index contributed by atoms with van der Waals surface area (Å²) in [5, 5.41) is 14.6. The van der Waals surface area contributed by atoms with E-state index in [-0.39, 0.29) is 17.7 Å². The first kappa shape index (κ1) is 18.0. The number of carboxylic acids is 1.